The first-order valence-corrected chi connectivity index (χ1v) is 7.42. The summed E-state index contributed by atoms with van der Waals surface area (Å²) in [6.45, 7) is 3.98. The van der Waals surface area contributed by atoms with Gasteiger partial charge in [0.1, 0.15) is 0 Å². The van der Waals surface area contributed by atoms with Crippen molar-refractivity contribution in [1.82, 2.24) is 0 Å². The van der Waals surface area contributed by atoms with Gasteiger partial charge in [-0.15, -0.1) is 0 Å². The minimum absolute atomic E-state index is 0.227. The van der Waals surface area contributed by atoms with Gasteiger partial charge in [-0.25, -0.2) is 4.79 Å². The molecule has 0 aliphatic rings. The monoisotopic (exact) mass is 314 g/mol. The zero-order chi connectivity index (χ0) is 16.1. The van der Waals surface area contributed by atoms with E-state index in [1.807, 2.05) is 31.2 Å². The molecule has 0 saturated carbocycles. The maximum atomic E-state index is 11.0. The molecule has 0 bridgehead atoms. The number of benzene rings is 2. The molecule has 2 aromatic rings. The van der Waals surface area contributed by atoms with Crippen LogP contribution in [0.3, 0.4) is 0 Å². The molecule has 0 aliphatic heterocycles. The van der Waals surface area contributed by atoms with Crippen molar-refractivity contribution in [3.8, 4) is 0 Å². The fraction of sp³-hybridized carbons (Fsp3) is 0.176. The number of carbonyl (C=O) groups is 1. The number of nitrogens with one attached hydrogen (secondary N) is 2. The highest BCUT2D eigenvalue weighted by Crippen LogP contribution is 2.19. The Bertz CT molecular complexity index is 714. The third-order valence-electron chi connectivity index (χ3n) is 3.38. The maximum Gasteiger partial charge on any atom is 0.335 e. The number of thiocarbonyl (C=S) groups is 1. The van der Waals surface area contributed by atoms with Crippen molar-refractivity contribution >= 4 is 34.7 Å². The zero-order valence-electron chi connectivity index (χ0n) is 12.5. The maximum absolute atomic E-state index is 11.0. The van der Waals surface area contributed by atoms with Gasteiger partial charge in [-0.3, -0.25) is 0 Å². The molecule has 0 atom stereocenters. The van der Waals surface area contributed by atoms with Crippen LogP contribution >= 0.6 is 12.2 Å². The number of aryl methyl sites for hydroxylation is 2. The molecule has 5 heteroatoms. The summed E-state index contributed by atoms with van der Waals surface area (Å²) in [5.74, 6) is -0.960. The number of anilines is 2. The lowest BCUT2D eigenvalue weighted by molar-refractivity contribution is 0.0697. The van der Waals surface area contributed by atoms with Crippen molar-refractivity contribution in [2.45, 2.75) is 20.3 Å². The Labute approximate surface area is 135 Å². The van der Waals surface area contributed by atoms with Gasteiger partial charge >= 0.3 is 5.97 Å². The number of hydrogen-bond acceptors (Lipinski definition) is 2. The minimum Gasteiger partial charge on any atom is -0.478 e. The summed E-state index contributed by atoms with van der Waals surface area (Å²) in [5, 5.41) is 15.7. The molecular weight excluding hydrogens is 296 g/mol. The largest absolute Gasteiger partial charge is 0.478 e. The molecule has 22 heavy (non-hydrogen) atoms. The number of hydrogen-bond donors (Lipinski definition) is 3. The van der Waals surface area contributed by atoms with Gasteiger partial charge in [0.25, 0.3) is 0 Å². The SMILES string of the molecule is CCc1ccccc1NC(=S)Nc1cc(C(=O)O)ccc1C. The highest BCUT2D eigenvalue weighted by Gasteiger charge is 2.08. The predicted molar refractivity (Wildman–Crippen MR) is 93.8 cm³/mol. The molecule has 114 valence electrons. The molecule has 0 heterocycles. The third-order valence-corrected chi connectivity index (χ3v) is 3.58. The molecule has 3 N–H and O–H groups in total. The fourth-order valence-corrected chi connectivity index (χ4v) is 2.34. The molecule has 0 saturated heterocycles. The van der Waals surface area contributed by atoms with Gasteiger partial charge in [-0.2, -0.15) is 0 Å². The first kappa shape index (κ1) is 16.0. The Hall–Kier alpha value is -2.40. The van der Waals surface area contributed by atoms with Crippen LogP contribution < -0.4 is 10.6 Å². The van der Waals surface area contributed by atoms with Gasteiger partial charge in [0.05, 0.1) is 5.56 Å². The van der Waals surface area contributed by atoms with Gasteiger partial charge in [-0.1, -0.05) is 31.2 Å². The van der Waals surface area contributed by atoms with Crippen LogP contribution in [0.1, 0.15) is 28.4 Å². The van der Waals surface area contributed by atoms with E-state index in [0.29, 0.717) is 10.8 Å². The van der Waals surface area contributed by atoms with E-state index in [1.165, 1.54) is 5.56 Å². The molecular formula is C17H18N2O2S. The van der Waals surface area contributed by atoms with Gasteiger partial charge in [0.2, 0.25) is 0 Å². The third kappa shape index (κ3) is 3.83. The summed E-state index contributed by atoms with van der Waals surface area (Å²) in [5.41, 5.74) is 3.96. The van der Waals surface area contributed by atoms with E-state index in [-0.39, 0.29) is 5.56 Å². The van der Waals surface area contributed by atoms with Crippen LogP contribution in [0.2, 0.25) is 0 Å². The Morgan fingerprint density at radius 3 is 2.50 bits per heavy atom. The predicted octanol–water partition coefficient (Wildman–Crippen LogP) is 4.06. The van der Waals surface area contributed by atoms with E-state index in [2.05, 4.69) is 17.6 Å². The van der Waals surface area contributed by atoms with Crippen LogP contribution in [0.15, 0.2) is 42.5 Å². The Kier molecular flexibility index (Phi) is 5.12. The standard InChI is InChI=1S/C17H18N2O2S/c1-3-12-6-4-5-7-14(12)18-17(22)19-15-10-13(16(20)21)9-8-11(15)2/h4-10H,3H2,1-2H3,(H,20,21)(H2,18,19,22). The van der Waals surface area contributed by atoms with Crippen molar-refractivity contribution in [2.75, 3.05) is 10.6 Å². The van der Waals surface area contributed by atoms with Gasteiger partial charge in [-0.05, 0) is 54.9 Å². The first-order valence-electron chi connectivity index (χ1n) is 7.01. The van der Waals surface area contributed by atoms with E-state index >= 15 is 0 Å². The molecule has 4 nitrogen and oxygen atoms in total. The summed E-state index contributed by atoms with van der Waals surface area (Å²) in [6, 6.07) is 12.9. The van der Waals surface area contributed by atoms with Crippen LogP contribution in [0, 0.1) is 6.92 Å². The van der Waals surface area contributed by atoms with Crippen LogP contribution in [0.4, 0.5) is 11.4 Å². The molecule has 0 radical (unpaired) electrons. The van der Waals surface area contributed by atoms with Crippen molar-refractivity contribution in [3.05, 3.63) is 59.2 Å². The molecule has 0 aliphatic carbocycles. The second-order valence-electron chi connectivity index (χ2n) is 4.92. The second-order valence-corrected chi connectivity index (χ2v) is 5.33. The Morgan fingerprint density at radius 1 is 1.14 bits per heavy atom. The number of rotatable bonds is 4. The van der Waals surface area contributed by atoms with Gasteiger partial charge < -0.3 is 15.7 Å². The number of carboxylic acids is 1. The highest BCUT2D eigenvalue weighted by atomic mass is 32.1. The summed E-state index contributed by atoms with van der Waals surface area (Å²) in [7, 11) is 0. The molecule has 0 spiro atoms. The fourth-order valence-electron chi connectivity index (χ4n) is 2.12. The molecule has 0 fully saturated rings. The lowest BCUT2D eigenvalue weighted by atomic mass is 10.1. The molecule has 0 amide bonds. The zero-order valence-corrected chi connectivity index (χ0v) is 13.3. The molecule has 2 aromatic carbocycles. The minimum atomic E-state index is -0.960. The summed E-state index contributed by atoms with van der Waals surface area (Å²) < 4.78 is 0. The van der Waals surface area contributed by atoms with Crippen molar-refractivity contribution in [2.24, 2.45) is 0 Å². The van der Waals surface area contributed by atoms with Gasteiger partial charge in [0, 0.05) is 11.4 Å². The van der Waals surface area contributed by atoms with Gasteiger partial charge in [0.15, 0.2) is 5.11 Å². The van der Waals surface area contributed by atoms with Crippen LogP contribution in [0.25, 0.3) is 0 Å². The van der Waals surface area contributed by atoms with Crippen molar-refractivity contribution in [1.29, 1.82) is 0 Å². The van der Waals surface area contributed by atoms with Crippen LogP contribution in [-0.2, 0) is 6.42 Å². The average Bonchev–Trinajstić information content (AvgIpc) is 2.49. The van der Waals surface area contributed by atoms with E-state index < -0.39 is 5.97 Å². The number of para-hydroxylation sites is 1. The van der Waals surface area contributed by atoms with E-state index in [9.17, 15) is 4.79 Å². The Balaban J connectivity index is 2.15. The summed E-state index contributed by atoms with van der Waals surface area (Å²) in [4.78, 5) is 11.0. The van der Waals surface area contributed by atoms with Crippen molar-refractivity contribution < 1.29 is 9.90 Å². The molecule has 0 aromatic heterocycles. The van der Waals surface area contributed by atoms with E-state index in [1.54, 1.807) is 18.2 Å². The van der Waals surface area contributed by atoms with Crippen LogP contribution in [-0.4, -0.2) is 16.2 Å². The van der Waals surface area contributed by atoms with Crippen LogP contribution in [0.5, 0.6) is 0 Å². The molecule has 2 rings (SSSR count). The number of carboxylic acid groups (broad SMARTS) is 1. The smallest absolute Gasteiger partial charge is 0.335 e. The quantitative estimate of drug-likeness (QED) is 0.743. The summed E-state index contributed by atoms with van der Waals surface area (Å²) >= 11 is 5.32. The molecule has 0 unspecified atom stereocenters. The van der Waals surface area contributed by atoms with E-state index in [4.69, 9.17) is 17.3 Å². The summed E-state index contributed by atoms with van der Waals surface area (Å²) in [6.07, 6.45) is 0.902. The van der Waals surface area contributed by atoms with Crippen molar-refractivity contribution in [3.63, 3.8) is 0 Å². The van der Waals surface area contributed by atoms with E-state index in [0.717, 1.165) is 17.7 Å². The number of aromatic carboxylic acids is 1. The average molecular weight is 314 g/mol. The second kappa shape index (κ2) is 7.04. The normalized spacial score (nSPS) is 10.1. The lowest BCUT2D eigenvalue weighted by Crippen LogP contribution is -2.20. The topological polar surface area (TPSA) is 61.4 Å². The highest BCUT2D eigenvalue weighted by molar-refractivity contribution is 7.80. The first-order chi connectivity index (χ1) is 10.5. The lowest BCUT2D eigenvalue weighted by Gasteiger charge is -2.15. The Morgan fingerprint density at radius 2 is 1.82 bits per heavy atom.